The summed E-state index contributed by atoms with van der Waals surface area (Å²) in [5.41, 5.74) is 0.0840. The summed E-state index contributed by atoms with van der Waals surface area (Å²) in [6, 6.07) is 6.09. The zero-order valence-electron chi connectivity index (χ0n) is 23.0. The molecular weight excluding hydrogens is 599 g/mol. The van der Waals surface area contributed by atoms with Gasteiger partial charge in [-0.3, -0.25) is 28.8 Å². The van der Waals surface area contributed by atoms with Gasteiger partial charge in [0.1, 0.15) is 23.8 Å². The lowest BCUT2D eigenvalue weighted by molar-refractivity contribution is -0.286. The summed E-state index contributed by atoms with van der Waals surface area (Å²) in [6.45, 7) is 3.52. The van der Waals surface area contributed by atoms with E-state index >= 15 is 0 Å². The molecule has 0 amide bonds. The first-order valence-electron chi connectivity index (χ1n) is 12.7. The van der Waals surface area contributed by atoms with E-state index in [1.54, 1.807) is 12.1 Å². The number of hydrogen-bond acceptors (Lipinski definition) is 12. The van der Waals surface area contributed by atoms with Crippen LogP contribution in [-0.4, -0.2) is 73.3 Å². The monoisotopic (exact) mass is 626 g/mol. The number of rotatable bonds is 10. The molecule has 0 N–H and O–H groups in total. The maximum Gasteiger partial charge on any atom is 0.303 e. The molecule has 5 unspecified atom stereocenters. The van der Waals surface area contributed by atoms with Crippen LogP contribution in [0, 0.1) is 5.92 Å². The van der Waals surface area contributed by atoms with Crippen LogP contribution in [0.15, 0.2) is 46.2 Å². The highest BCUT2D eigenvalue weighted by Gasteiger charge is 2.52. The van der Waals surface area contributed by atoms with E-state index in [0.717, 1.165) is 27.7 Å². The zero-order valence-corrected chi connectivity index (χ0v) is 24.6. The van der Waals surface area contributed by atoms with Crippen molar-refractivity contribution in [3.63, 3.8) is 0 Å². The number of fused-ring (bicyclic) bond motifs is 1. The lowest BCUT2D eigenvalue weighted by atomic mass is 9.86. The first-order valence-corrected chi connectivity index (χ1v) is 13.4. The molecule has 1 heterocycles. The molecule has 3 rings (SSSR count). The quantitative estimate of drug-likeness (QED) is 0.276. The number of allylic oxidation sites excluding steroid dienone is 3. The van der Waals surface area contributed by atoms with Crippen LogP contribution in [0.3, 0.4) is 0 Å². The van der Waals surface area contributed by atoms with Gasteiger partial charge in [0, 0.05) is 45.2 Å². The molecule has 2 aliphatic rings. The number of halogens is 2. The SMILES string of the molecule is CC(=O)OCC1OC(OC2=C(CC=C(Cl)Cl)C(=O)c3ccccc3C2=O)C(COC(C)=O)C(OC(C)=O)C1OC(C)=O. The first-order chi connectivity index (χ1) is 19.8. The van der Waals surface area contributed by atoms with E-state index < -0.39 is 84.9 Å². The Bertz CT molecular complexity index is 1330. The average Bonchev–Trinajstić information content (AvgIpc) is 2.90. The van der Waals surface area contributed by atoms with Crippen molar-refractivity contribution in [2.75, 3.05) is 13.2 Å². The molecule has 0 aromatic heterocycles. The summed E-state index contributed by atoms with van der Waals surface area (Å²) in [5.74, 6) is -5.79. The van der Waals surface area contributed by atoms with Crippen molar-refractivity contribution >= 4 is 58.6 Å². The molecule has 0 spiro atoms. The molecule has 1 aromatic rings. The van der Waals surface area contributed by atoms with E-state index in [1.165, 1.54) is 18.2 Å². The smallest absolute Gasteiger partial charge is 0.303 e. The Kier molecular flexibility index (Phi) is 11.3. The van der Waals surface area contributed by atoms with Gasteiger partial charge in [-0.15, -0.1) is 0 Å². The highest BCUT2D eigenvalue weighted by molar-refractivity contribution is 6.55. The van der Waals surface area contributed by atoms with Gasteiger partial charge in [-0.2, -0.15) is 0 Å². The lowest BCUT2D eigenvalue weighted by Crippen LogP contribution is -2.60. The minimum absolute atomic E-state index is 0.0559. The predicted molar refractivity (Wildman–Crippen MR) is 144 cm³/mol. The molecule has 1 saturated heterocycles. The van der Waals surface area contributed by atoms with E-state index in [4.69, 9.17) is 51.6 Å². The summed E-state index contributed by atoms with van der Waals surface area (Å²) >= 11 is 11.6. The summed E-state index contributed by atoms with van der Waals surface area (Å²) < 4.78 is 33.1. The molecule has 1 aromatic carbocycles. The Morgan fingerprint density at radius 1 is 0.810 bits per heavy atom. The maximum atomic E-state index is 13.6. The van der Waals surface area contributed by atoms with Crippen LogP contribution in [-0.2, 0) is 47.6 Å². The second-order valence-corrected chi connectivity index (χ2v) is 10.3. The zero-order chi connectivity index (χ0) is 31.1. The molecule has 1 fully saturated rings. The van der Waals surface area contributed by atoms with E-state index in [-0.39, 0.29) is 27.6 Å². The van der Waals surface area contributed by atoms with Crippen LogP contribution in [0.1, 0.15) is 54.8 Å². The van der Waals surface area contributed by atoms with Gasteiger partial charge in [-0.05, 0) is 6.08 Å². The van der Waals surface area contributed by atoms with E-state index in [0.29, 0.717) is 0 Å². The topological polar surface area (TPSA) is 158 Å². The van der Waals surface area contributed by atoms with Gasteiger partial charge in [0.05, 0.1) is 11.5 Å². The minimum atomic E-state index is -1.55. The van der Waals surface area contributed by atoms with Crippen LogP contribution in [0.4, 0.5) is 0 Å². The van der Waals surface area contributed by atoms with Crippen molar-refractivity contribution in [3.8, 4) is 0 Å². The van der Waals surface area contributed by atoms with Crippen LogP contribution in [0.5, 0.6) is 0 Å². The molecule has 0 saturated carbocycles. The molecule has 0 bridgehead atoms. The molecule has 1 aliphatic carbocycles. The van der Waals surface area contributed by atoms with Gasteiger partial charge in [-0.25, -0.2) is 0 Å². The van der Waals surface area contributed by atoms with Crippen molar-refractivity contribution in [1.82, 2.24) is 0 Å². The maximum absolute atomic E-state index is 13.6. The van der Waals surface area contributed by atoms with Gasteiger partial charge in [-0.1, -0.05) is 47.5 Å². The summed E-state index contributed by atoms with van der Waals surface area (Å²) in [6.07, 6.45) is -4.44. The molecule has 1 aliphatic heterocycles. The Balaban J connectivity index is 2.15. The van der Waals surface area contributed by atoms with E-state index in [1.807, 2.05) is 0 Å². The standard InChI is InChI=1S/C28H28Cl2O12/c1-13(31)37-11-20-26(39-15(3)33)27(40-16(4)34)21(12-38-14(2)32)41-28(20)42-25-19(9-10-22(29)30)23(35)17-7-5-6-8-18(17)24(25)36/h5-8,10,20-21,26-28H,9,11-12H2,1-4H3. The number of benzene rings is 1. The molecule has 12 nitrogen and oxygen atoms in total. The second-order valence-electron chi connectivity index (χ2n) is 9.29. The fourth-order valence-electron chi connectivity index (χ4n) is 4.49. The summed E-state index contributed by atoms with van der Waals surface area (Å²) in [7, 11) is 0. The Morgan fingerprint density at radius 3 is 1.90 bits per heavy atom. The fraction of sp³-hybridized carbons (Fsp3) is 0.429. The number of carbonyl (C=O) groups is 6. The first kappa shape index (κ1) is 32.8. The number of carbonyl (C=O) groups excluding carboxylic acids is 6. The highest BCUT2D eigenvalue weighted by Crippen LogP contribution is 2.37. The number of ether oxygens (including phenoxy) is 6. The van der Waals surface area contributed by atoms with Crippen molar-refractivity contribution < 1.29 is 57.2 Å². The molecule has 226 valence electrons. The fourth-order valence-corrected chi connectivity index (χ4v) is 4.64. The van der Waals surface area contributed by atoms with Crippen LogP contribution in [0.25, 0.3) is 0 Å². The van der Waals surface area contributed by atoms with Gasteiger partial charge in [0.2, 0.25) is 12.1 Å². The molecule has 42 heavy (non-hydrogen) atoms. The van der Waals surface area contributed by atoms with Crippen LogP contribution >= 0.6 is 23.2 Å². The largest absolute Gasteiger partial charge is 0.465 e. The highest BCUT2D eigenvalue weighted by atomic mass is 35.5. The summed E-state index contributed by atoms with van der Waals surface area (Å²) in [4.78, 5) is 74.6. The Hall–Kier alpha value is -3.74. The normalized spacial score (nSPS) is 23.3. The number of esters is 4. The van der Waals surface area contributed by atoms with Gasteiger partial charge >= 0.3 is 23.9 Å². The van der Waals surface area contributed by atoms with E-state index in [9.17, 15) is 28.8 Å². The van der Waals surface area contributed by atoms with Crippen molar-refractivity contribution in [3.05, 3.63) is 57.3 Å². The van der Waals surface area contributed by atoms with Crippen molar-refractivity contribution in [2.45, 2.75) is 58.7 Å². The average molecular weight is 627 g/mol. The minimum Gasteiger partial charge on any atom is -0.465 e. The van der Waals surface area contributed by atoms with Crippen LogP contribution in [0.2, 0.25) is 0 Å². The van der Waals surface area contributed by atoms with Crippen molar-refractivity contribution in [2.24, 2.45) is 5.92 Å². The molecule has 0 radical (unpaired) electrons. The Morgan fingerprint density at radius 2 is 1.36 bits per heavy atom. The molecule has 5 atom stereocenters. The van der Waals surface area contributed by atoms with Gasteiger partial charge < -0.3 is 28.4 Å². The van der Waals surface area contributed by atoms with Crippen molar-refractivity contribution in [1.29, 1.82) is 0 Å². The number of Topliss-reactive ketones (excluding diaryl/α,β-unsaturated/α-hetero) is 2. The molecular formula is C28H28Cl2O12. The third-order valence-corrected chi connectivity index (χ3v) is 6.48. The predicted octanol–water partition coefficient (Wildman–Crippen LogP) is 3.38. The van der Waals surface area contributed by atoms with Gasteiger partial charge in [0.15, 0.2) is 23.8 Å². The molecule has 14 heteroatoms. The third-order valence-electron chi connectivity index (χ3n) is 6.17. The van der Waals surface area contributed by atoms with Crippen LogP contribution < -0.4 is 0 Å². The Labute approximate surface area is 250 Å². The second kappa shape index (κ2) is 14.4. The lowest BCUT2D eigenvalue weighted by Gasteiger charge is -2.44. The third kappa shape index (κ3) is 8.17. The number of hydrogen-bond donors (Lipinski definition) is 0. The van der Waals surface area contributed by atoms with E-state index in [2.05, 4.69) is 0 Å². The van der Waals surface area contributed by atoms with Gasteiger partial charge in [0.25, 0.3) is 0 Å². The summed E-state index contributed by atoms with van der Waals surface area (Å²) in [5, 5.41) is 0. The number of ketones is 2.